The molecule has 2 aromatic carbocycles. The first-order valence-corrected chi connectivity index (χ1v) is 12.7. The van der Waals surface area contributed by atoms with Gasteiger partial charge in [0.15, 0.2) is 0 Å². The van der Waals surface area contributed by atoms with E-state index in [1.165, 1.54) is 0 Å². The number of carbonyl (C=O) groups excluding carboxylic acids is 2. The number of aromatic amines is 2. The van der Waals surface area contributed by atoms with Crippen molar-refractivity contribution in [2.75, 3.05) is 0 Å². The molecule has 0 fully saturated rings. The minimum absolute atomic E-state index is 0.190. The van der Waals surface area contributed by atoms with Crippen molar-refractivity contribution in [1.82, 2.24) is 25.5 Å². The Hall–Kier alpha value is -4.17. The minimum atomic E-state index is -0.529. The number of ether oxygens (including phenoxy) is 1. The van der Waals surface area contributed by atoms with Gasteiger partial charge in [-0.15, -0.1) is 0 Å². The molecule has 0 aliphatic rings. The number of nitrogens with one attached hydrogen (secondary N) is 3. The SMILES string of the molecule is CC(C)(C)OC(=O)Cc1c[nH]c2ccc(Cc3cncc(C(=O)NCc4n[nH]c5ccc(Cl)cc45)c3)cc12. The van der Waals surface area contributed by atoms with Gasteiger partial charge in [0.2, 0.25) is 0 Å². The molecule has 3 heterocycles. The number of rotatable bonds is 7. The third kappa shape index (κ3) is 5.86. The van der Waals surface area contributed by atoms with Gasteiger partial charge in [0.1, 0.15) is 5.60 Å². The van der Waals surface area contributed by atoms with Crippen LogP contribution in [0.25, 0.3) is 21.8 Å². The van der Waals surface area contributed by atoms with Crippen LogP contribution >= 0.6 is 11.6 Å². The minimum Gasteiger partial charge on any atom is -0.460 e. The van der Waals surface area contributed by atoms with E-state index >= 15 is 0 Å². The Bertz CT molecular complexity index is 1650. The summed E-state index contributed by atoms with van der Waals surface area (Å²) in [6.45, 7) is 5.83. The zero-order valence-electron chi connectivity index (χ0n) is 21.4. The number of nitrogens with zero attached hydrogens (tertiary/aromatic N) is 2. The summed E-state index contributed by atoms with van der Waals surface area (Å²) >= 11 is 6.11. The van der Waals surface area contributed by atoms with Gasteiger partial charge in [-0.05, 0) is 80.3 Å². The number of halogens is 1. The highest BCUT2D eigenvalue weighted by atomic mass is 35.5. The molecule has 0 saturated carbocycles. The van der Waals surface area contributed by atoms with E-state index in [2.05, 4.69) is 31.5 Å². The van der Waals surface area contributed by atoms with Crippen molar-refractivity contribution in [3.63, 3.8) is 0 Å². The predicted molar refractivity (Wildman–Crippen MR) is 147 cm³/mol. The highest BCUT2D eigenvalue weighted by molar-refractivity contribution is 6.31. The lowest BCUT2D eigenvalue weighted by Gasteiger charge is -2.19. The lowest BCUT2D eigenvalue weighted by Crippen LogP contribution is -2.24. The van der Waals surface area contributed by atoms with E-state index in [0.717, 1.165) is 38.5 Å². The molecule has 0 aliphatic carbocycles. The molecule has 5 aromatic rings. The topological polar surface area (TPSA) is 113 Å². The van der Waals surface area contributed by atoms with E-state index < -0.39 is 5.60 Å². The summed E-state index contributed by atoms with van der Waals surface area (Å²) in [5.74, 6) is -0.504. The summed E-state index contributed by atoms with van der Waals surface area (Å²) in [7, 11) is 0. The molecule has 0 spiro atoms. The second kappa shape index (κ2) is 10.3. The Balaban J connectivity index is 1.28. The molecule has 0 aliphatic heterocycles. The number of benzene rings is 2. The number of carbonyl (C=O) groups is 2. The van der Waals surface area contributed by atoms with Crippen LogP contribution in [0.15, 0.2) is 61.1 Å². The van der Waals surface area contributed by atoms with Crippen molar-refractivity contribution in [1.29, 1.82) is 0 Å². The Morgan fingerprint density at radius 2 is 1.82 bits per heavy atom. The third-order valence-electron chi connectivity index (χ3n) is 6.07. The molecule has 5 rings (SSSR count). The molecule has 0 saturated heterocycles. The van der Waals surface area contributed by atoms with Gasteiger partial charge >= 0.3 is 5.97 Å². The van der Waals surface area contributed by atoms with Gasteiger partial charge in [-0.3, -0.25) is 19.7 Å². The summed E-state index contributed by atoms with van der Waals surface area (Å²) in [5, 5.41) is 12.6. The van der Waals surface area contributed by atoms with Gasteiger partial charge in [0.05, 0.1) is 29.7 Å². The summed E-state index contributed by atoms with van der Waals surface area (Å²) in [6, 6.07) is 13.4. The molecule has 3 aromatic heterocycles. The zero-order chi connectivity index (χ0) is 26.9. The Morgan fingerprint density at radius 1 is 1.00 bits per heavy atom. The van der Waals surface area contributed by atoms with E-state index in [9.17, 15) is 9.59 Å². The quantitative estimate of drug-likeness (QED) is 0.241. The Kier molecular flexibility index (Phi) is 6.91. The fraction of sp³-hybridized carbons (Fsp3) is 0.241. The van der Waals surface area contributed by atoms with Crippen LogP contribution < -0.4 is 5.32 Å². The number of pyridine rings is 1. The number of fused-ring (bicyclic) bond motifs is 2. The third-order valence-corrected chi connectivity index (χ3v) is 6.31. The molecular formula is C29H28ClN5O3. The van der Waals surface area contributed by atoms with Crippen molar-refractivity contribution >= 4 is 45.3 Å². The van der Waals surface area contributed by atoms with Gasteiger partial charge in [-0.2, -0.15) is 5.10 Å². The molecule has 194 valence electrons. The largest absolute Gasteiger partial charge is 0.460 e. The number of hydrogen-bond donors (Lipinski definition) is 3. The summed E-state index contributed by atoms with van der Waals surface area (Å²) in [5.41, 5.74) is 5.28. The first-order chi connectivity index (χ1) is 18.1. The predicted octanol–water partition coefficient (Wildman–Crippen LogP) is 5.50. The molecule has 3 N–H and O–H groups in total. The fourth-order valence-corrected chi connectivity index (χ4v) is 4.57. The average molecular weight is 530 g/mol. The lowest BCUT2D eigenvalue weighted by atomic mass is 10.0. The van der Waals surface area contributed by atoms with Crippen molar-refractivity contribution in [2.45, 2.75) is 45.8 Å². The van der Waals surface area contributed by atoms with Gasteiger partial charge < -0.3 is 15.0 Å². The van der Waals surface area contributed by atoms with Crippen LogP contribution in [0, 0.1) is 0 Å². The molecule has 38 heavy (non-hydrogen) atoms. The molecule has 8 nitrogen and oxygen atoms in total. The fourth-order valence-electron chi connectivity index (χ4n) is 4.40. The van der Waals surface area contributed by atoms with Crippen molar-refractivity contribution in [3.8, 4) is 0 Å². The van der Waals surface area contributed by atoms with Crippen LogP contribution in [-0.2, 0) is 28.9 Å². The van der Waals surface area contributed by atoms with Crippen LogP contribution in [0.2, 0.25) is 5.02 Å². The summed E-state index contributed by atoms with van der Waals surface area (Å²) in [6.07, 6.45) is 5.93. The van der Waals surface area contributed by atoms with Crippen molar-refractivity contribution in [2.24, 2.45) is 0 Å². The van der Waals surface area contributed by atoms with E-state index in [-0.39, 0.29) is 24.8 Å². The molecular weight excluding hydrogens is 502 g/mol. The maximum atomic E-state index is 12.9. The van der Waals surface area contributed by atoms with Gasteiger partial charge in [0.25, 0.3) is 5.91 Å². The molecule has 0 radical (unpaired) electrons. The number of esters is 1. The highest BCUT2D eigenvalue weighted by Crippen LogP contribution is 2.24. The average Bonchev–Trinajstić information content (AvgIpc) is 3.45. The van der Waals surface area contributed by atoms with E-state index in [1.54, 1.807) is 18.5 Å². The Labute approximate surface area is 224 Å². The van der Waals surface area contributed by atoms with Crippen LogP contribution in [0.1, 0.15) is 53.5 Å². The highest BCUT2D eigenvalue weighted by Gasteiger charge is 2.18. The zero-order valence-corrected chi connectivity index (χ0v) is 22.1. The van der Waals surface area contributed by atoms with Crippen LogP contribution in [0.4, 0.5) is 0 Å². The lowest BCUT2D eigenvalue weighted by molar-refractivity contribution is -0.153. The second-order valence-corrected chi connectivity index (χ2v) is 10.7. The van der Waals surface area contributed by atoms with Crippen LogP contribution in [0.3, 0.4) is 0 Å². The van der Waals surface area contributed by atoms with E-state index in [4.69, 9.17) is 16.3 Å². The van der Waals surface area contributed by atoms with Crippen molar-refractivity contribution < 1.29 is 14.3 Å². The van der Waals surface area contributed by atoms with Crippen LogP contribution in [0.5, 0.6) is 0 Å². The smallest absolute Gasteiger partial charge is 0.310 e. The monoisotopic (exact) mass is 529 g/mol. The van der Waals surface area contributed by atoms with E-state index in [1.807, 2.05) is 57.3 Å². The normalized spacial score (nSPS) is 11.7. The van der Waals surface area contributed by atoms with Gasteiger partial charge in [-0.1, -0.05) is 17.7 Å². The Morgan fingerprint density at radius 3 is 2.63 bits per heavy atom. The molecule has 0 atom stereocenters. The second-order valence-electron chi connectivity index (χ2n) is 10.3. The molecule has 0 unspecified atom stereocenters. The van der Waals surface area contributed by atoms with Gasteiger partial charge in [0, 0.05) is 39.9 Å². The molecule has 9 heteroatoms. The first kappa shape index (κ1) is 25.5. The van der Waals surface area contributed by atoms with Crippen LogP contribution in [-0.4, -0.2) is 37.6 Å². The number of aromatic nitrogens is 4. The summed E-state index contributed by atoms with van der Waals surface area (Å²) < 4.78 is 5.48. The van der Waals surface area contributed by atoms with Crippen molar-refractivity contribution in [3.05, 3.63) is 94.0 Å². The maximum Gasteiger partial charge on any atom is 0.310 e. The first-order valence-electron chi connectivity index (χ1n) is 12.3. The molecule has 1 amide bonds. The number of amides is 1. The molecule has 0 bridgehead atoms. The van der Waals surface area contributed by atoms with E-state index in [0.29, 0.717) is 22.7 Å². The summed E-state index contributed by atoms with van der Waals surface area (Å²) in [4.78, 5) is 32.7. The van der Waals surface area contributed by atoms with Gasteiger partial charge in [-0.25, -0.2) is 0 Å². The maximum absolute atomic E-state index is 12.9. The standard InChI is InChI=1S/C29H28ClN5O3/c1-29(2,3)38-27(36)11-19-15-32-24-6-4-17(10-22(19)24)8-18-9-20(14-31-13-18)28(37)33-16-26-23-12-21(30)5-7-25(23)34-35-26/h4-7,9-10,12-15,32H,8,11,16H2,1-3H3,(H,33,37)(H,34,35). The number of hydrogen-bond acceptors (Lipinski definition) is 5. The number of H-pyrrole nitrogens is 2.